The lowest BCUT2D eigenvalue weighted by Gasteiger charge is -2.04. The molecule has 4 nitrogen and oxygen atoms in total. The molecule has 1 aromatic carbocycles. The predicted molar refractivity (Wildman–Crippen MR) is 94.9 cm³/mol. The molecule has 116 valence electrons. The number of nitro groups is 1. The second-order valence-electron chi connectivity index (χ2n) is 5.18. The Morgan fingerprint density at radius 1 is 1.04 bits per heavy atom. The SMILES string of the molecule is O=[N+]([O-])/C=C/c1ccn2ccc(CSCc3ccccc3)cc12. The molecular weight excluding hydrogens is 308 g/mol. The average molecular weight is 324 g/mol. The van der Waals surface area contributed by atoms with Crippen LogP contribution in [0.15, 0.2) is 67.1 Å². The summed E-state index contributed by atoms with van der Waals surface area (Å²) < 4.78 is 1.98. The molecule has 0 amide bonds. The molecule has 5 heteroatoms. The fourth-order valence-corrected chi connectivity index (χ4v) is 3.34. The molecule has 0 aliphatic heterocycles. The van der Waals surface area contributed by atoms with Gasteiger partial charge in [-0.25, -0.2) is 0 Å². The van der Waals surface area contributed by atoms with Crippen LogP contribution in [0.4, 0.5) is 0 Å². The lowest BCUT2D eigenvalue weighted by Crippen LogP contribution is -1.88. The van der Waals surface area contributed by atoms with Crippen LogP contribution in [-0.4, -0.2) is 9.32 Å². The van der Waals surface area contributed by atoms with Gasteiger partial charge in [-0.1, -0.05) is 30.3 Å². The minimum atomic E-state index is -0.441. The third-order valence-corrected chi connectivity index (χ3v) is 4.59. The van der Waals surface area contributed by atoms with E-state index in [1.807, 2.05) is 40.7 Å². The van der Waals surface area contributed by atoms with E-state index in [9.17, 15) is 10.1 Å². The number of hydrogen-bond acceptors (Lipinski definition) is 3. The van der Waals surface area contributed by atoms with Crippen molar-refractivity contribution in [3.63, 3.8) is 0 Å². The van der Waals surface area contributed by atoms with Crippen LogP contribution < -0.4 is 0 Å². The second kappa shape index (κ2) is 7.15. The van der Waals surface area contributed by atoms with Gasteiger partial charge in [-0.2, -0.15) is 11.8 Å². The molecular formula is C18H16N2O2S. The Morgan fingerprint density at radius 2 is 1.78 bits per heavy atom. The third kappa shape index (κ3) is 4.02. The van der Waals surface area contributed by atoms with Crippen LogP contribution in [0.3, 0.4) is 0 Å². The van der Waals surface area contributed by atoms with Crippen LogP contribution in [0.5, 0.6) is 0 Å². The fraction of sp³-hybridized carbons (Fsp3) is 0.111. The van der Waals surface area contributed by atoms with Crippen molar-refractivity contribution in [1.29, 1.82) is 0 Å². The number of pyridine rings is 1. The zero-order valence-corrected chi connectivity index (χ0v) is 13.3. The van der Waals surface area contributed by atoms with E-state index in [1.165, 1.54) is 17.2 Å². The normalized spacial score (nSPS) is 11.3. The first kappa shape index (κ1) is 15.4. The minimum absolute atomic E-state index is 0.441. The Morgan fingerprint density at radius 3 is 2.57 bits per heavy atom. The number of fused-ring (bicyclic) bond motifs is 1. The first-order chi connectivity index (χ1) is 11.2. The van der Waals surface area contributed by atoms with Crippen molar-refractivity contribution in [3.05, 3.63) is 93.9 Å². The van der Waals surface area contributed by atoms with Gasteiger partial charge < -0.3 is 4.40 Å². The summed E-state index contributed by atoms with van der Waals surface area (Å²) >= 11 is 1.86. The van der Waals surface area contributed by atoms with Crippen LogP contribution in [-0.2, 0) is 11.5 Å². The number of nitrogens with zero attached hydrogens (tertiary/aromatic N) is 2. The summed E-state index contributed by atoms with van der Waals surface area (Å²) in [6.07, 6.45) is 6.43. The van der Waals surface area contributed by atoms with Gasteiger partial charge in [-0.15, -0.1) is 0 Å². The molecule has 2 aromatic heterocycles. The summed E-state index contributed by atoms with van der Waals surface area (Å²) in [7, 11) is 0. The summed E-state index contributed by atoms with van der Waals surface area (Å²) in [5.41, 5.74) is 4.38. The van der Waals surface area contributed by atoms with Gasteiger partial charge in [0.1, 0.15) is 0 Å². The van der Waals surface area contributed by atoms with Crippen LogP contribution >= 0.6 is 11.8 Å². The molecule has 0 atom stereocenters. The van der Waals surface area contributed by atoms with E-state index in [2.05, 4.69) is 36.4 Å². The van der Waals surface area contributed by atoms with E-state index < -0.39 is 4.92 Å². The molecule has 2 heterocycles. The Balaban J connectivity index is 1.71. The summed E-state index contributed by atoms with van der Waals surface area (Å²) in [6.45, 7) is 0. The maximum Gasteiger partial charge on any atom is 0.235 e. The van der Waals surface area contributed by atoms with E-state index in [4.69, 9.17) is 0 Å². The Kier molecular flexibility index (Phi) is 4.78. The van der Waals surface area contributed by atoms with E-state index in [-0.39, 0.29) is 0 Å². The van der Waals surface area contributed by atoms with Crippen molar-refractivity contribution in [2.45, 2.75) is 11.5 Å². The topological polar surface area (TPSA) is 47.5 Å². The molecule has 0 aliphatic carbocycles. The van der Waals surface area contributed by atoms with Crippen molar-refractivity contribution in [1.82, 2.24) is 4.40 Å². The standard InChI is InChI=1S/C18H16N2O2S/c21-20(22)11-8-17-7-10-19-9-6-16(12-18(17)19)14-23-13-15-4-2-1-3-5-15/h1-12H,13-14H2/b11-8+. The van der Waals surface area contributed by atoms with Gasteiger partial charge in [0, 0.05) is 35.5 Å². The maximum absolute atomic E-state index is 10.5. The highest BCUT2D eigenvalue weighted by atomic mass is 32.2. The molecule has 23 heavy (non-hydrogen) atoms. The van der Waals surface area contributed by atoms with Gasteiger partial charge in [-0.05, 0) is 29.3 Å². The highest BCUT2D eigenvalue weighted by Crippen LogP contribution is 2.21. The fourth-order valence-electron chi connectivity index (χ4n) is 2.40. The Hall–Kier alpha value is -2.53. The summed E-state index contributed by atoms with van der Waals surface area (Å²) in [4.78, 5) is 10.0. The molecule has 0 spiro atoms. The summed E-state index contributed by atoms with van der Waals surface area (Å²) in [5, 5.41) is 10.5. The smallest absolute Gasteiger partial charge is 0.235 e. The van der Waals surface area contributed by atoms with E-state index >= 15 is 0 Å². The van der Waals surface area contributed by atoms with E-state index in [0.29, 0.717) is 0 Å². The largest absolute Gasteiger partial charge is 0.323 e. The van der Waals surface area contributed by atoms with Crippen LogP contribution in [0.2, 0.25) is 0 Å². The molecule has 3 aromatic rings. The molecule has 0 saturated carbocycles. The molecule has 0 fully saturated rings. The van der Waals surface area contributed by atoms with Gasteiger partial charge in [0.15, 0.2) is 0 Å². The molecule has 0 unspecified atom stereocenters. The molecule has 0 radical (unpaired) electrons. The van der Waals surface area contributed by atoms with Gasteiger partial charge in [0.05, 0.1) is 10.4 Å². The molecule has 3 rings (SSSR count). The lowest BCUT2D eigenvalue weighted by molar-refractivity contribution is -0.400. The highest BCUT2D eigenvalue weighted by molar-refractivity contribution is 7.97. The molecule has 0 N–H and O–H groups in total. The van der Waals surface area contributed by atoms with Crippen LogP contribution in [0.1, 0.15) is 16.7 Å². The Labute approximate surface area is 138 Å². The number of benzene rings is 1. The molecule has 0 saturated heterocycles. The highest BCUT2D eigenvalue weighted by Gasteiger charge is 2.03. The predicted octanol–water partition coefficient (Wildman–Crippen LogP) is 4.62. The number of rotatable bonds is 6. The van der Waals surface area contributed by atoms with Crippen molar-refractivity contribution >= 4 is 23.4 Å². The van der Waals surface area contributed by atoms with Crippen molar-refractivity contribution in [2.24, 2.45) is 0 Å². The van der Waals surface area contributed by atoms with Gasteiger partial charge >= 0.3 is 0 Å². The van der Waals surface area contributed by atoms with Gasteiger partial charge in [0.2, 0.25) is 6.20 Å². The first-order valence-corrected chi connectivity index (χ1v) is 8.41. The van der Waals surface area contributed by atoms with E-state index in [0.717, 1.165) is 28.8 Å². The monoisotopic (exact) mass is 324 g/mol. The average Bonchev–Trinajstić information content (AvgIpc) is 2.96. The lowest BCUT2D eigenvalue weighted by atomic mass is 10.2. The van der Waals surface area contributed by atoms with Gasteiger partial charge in [0.25, 0.3) is 0 Å². The molecule has 0 bridgehead atoms. The summed E-state index contributed by atoms with van der Waals surface area (Å²) in [6, 6.07) is 16.5. The minimum Gasteiger partial charge on any atom is -0.323 e. The zero-order chi connectivity index (χ0) is 16.1. The van der Waals surface area contributed by atoms with Crippen LogP contribution in [0, 0.1) is 10.1 Å². The van der Waals surface area contributed by atoms with Crippen molar-refractivity contribution < 1.29 is 4.92 Å². The number of thioether (sulfide) groups is 1. The van der Waals surface area contributed by atoms with Crippen LogP contribution in [0.25, 0.3) is 11.6 Å². The summed E-state index contributed by atoms with van der Waals surface area (Å²) in [5.74, 6) is 1.89. The van der Waals surface area contributed by atoms with Gasteiger partial charge in [-0.3, -0.25) is 10.1 Å². The second-order valence-corrected chi connectivity index (χ2v) is 6.16. The van der Waals surface area contributed by atoms with Crippen molar-refractivity contribution in [2.75, 3.05) is 0 Å². The van der Waals surface area contributed by atoms with Crippen molar-refractivity contribution in [3.8, 4) is 0 Å². The third-order valence-electron chi connectivity index (χ3n) is 3.52. The number of aromatic nitrogens is 1. The molecule has 0 aliphatic rings. The van der Waals surface area contributed by atoms with E-state index in [1.54, 1.807) is 0 Å². The zero-order valence-electron chi connectivity index (χ0n) is 12.5. The Bertz CT molecular complexity index is 841. The maximum atomic E-state index is 10.5. The number of hydrogen-bond donors (Lipinski definition) is 0. The quantitative estimate of drug-likeness (QED) is 0.491. The first-order valence-electron chi connectivity index (χ1n) is 7.25.